The van der Waals surface area contributed by atoms with Crippen LogP contribution in [0.15, 0.2) is 29.3 Å². The van der Waals surface area contributed by atoms with Gasteiger partial charge < -0.3 is 5.32 Å². The highest BCUT2D eigenvalue weighted by Gasteiger charge is 2.22. The molecular formula is C15H16ClFN4O2. The highest BCUT2D eigenvalue weighted by atomic mass is 35.5. The SMILES string of the molecule is O=C(Cn1ncn(C2CCC2)c1=O)NCc1ccc(Cl)c(F)c1. The van der Waals surface area contributed by atoms with Gasteiger partial charge in [0.1, 0.15) is 18.7 Å². The average Bonchev–Trinajstić information content (AvgIpc) is 2.80. The molecule has 0 radical (unpaired) electrons. The molecule has 1 heterocycles. The van der Waals surface area contributed by atoms with Crippen LogP contribution in [0.3, 0.4) is 0 Å². The smallest absolute Gasteiger partial charge is 0.346 e. The molecule has 1 amide bonds. The van der Waals surface area contributed by atoms with Crippen LogP contribution in [0.25, 0.3) is 0 Å². The van der Waals surface area contributed by atoms with Crippen LogP contribution in [0.4, 0.5) is 4.39 Å². The van der Waals surface area contributed by atoms with Crippen LogP contribution in [0.2, 0.25) is 5.02 Å². The predicted octanol–water partition coefficient (Wildman–Crippen LogP) is 1.88. The Hall–Kier alpha value is -2.15. The van der Waals surface area contributed by atoms with E-state index >= 15 is 0 Å². The van der Waals surface area contributed by atoms with Crippen LogP contribution in [0, 0.1) is 5.82 Å². The summed E-state index contributed by atoms with van der Waals surface area (Å²) >= 11 is 5.60. The molecule has 1 aliphatic carbocycles. The van der Waals surface area contributed by atoms with E-state index in [2.05, 4.69) is 10.4 Å². The molecule has 1 aliphatic rings. The van der Waals surface area contributed by atoms with Crippen molar-refractivity contribution in [1.29, 1.82) is 0 Å². The summed E-state index contributed by atoms with van der Waals surface area (Å²) in [5, 5.41) is 6.63. The quantitative estimate of drug-likeness (QED) is 0.905. The highest BCUT2D eigenvalue weighted by Crippen LogP contribution is 2.29. The Morgan fingerprint density at radius 3 is 2.87 bits per heavy atom. The van der Waals surface area contributed by atoms with Crippen LogP contribution in [0.5, 0.6) is 0 Å². The fourth-order valence-electron chi connectivity index (χ4n) is 2.42. The van der Waals surface area contributed by atoms with Crippen molar-refractivity contribution in [1.82, 2.24) is 19.7 Å². The Labute approximate surface area is 136 Å². The molecule has 0 atom stereocenters. The Balaban J connectivity index is 1.58. The molecule has 3 rings (SSSR count). The molecule has 1 aromatic heterocycles. The Bertz CT molecular complexity index is 782. The first-order valence-electron chi connectivity index (χ1n) is 7.39. The van der Waals surface area contributed by atoms with Crippen molar-refractivity contribution in [2.75, 3.05) is 0 Å². The zero-order valence-corrected chi connectivity index (χ0v) is 13.1. The molecule has 1 fully saturated rings. The van der Waals surface area contributed by atoms with Gasteiger partial charge in [-0.15, -0.1) is 0 Å². The summed E-state index contributed by atoms with van der Waals surface area (Å²) in [7, 11) is 0. The van der Waals surface area contributed by atoms with Crippen molar-refractivity contribution in [3.05, 3.63) is 51.4 Å². The first-order chi connectivity index (χ1) is 11.0. The fraction of sp³-hybridized carbons (Fsp3) is 0.400. The van der Waals surface area contributed by atoms with Crippen molar-refractivity contribution < 1.29 is 9.18 Å². The minimum atomic E-state index is -0.533. The summed E-state index contributed by atoms with van der Waals surface area (Å²) in [6.45, 7) is -0.000366. The number of rotatable bonds is 5. The number of nitrogens with zero attached hydrogens (tertiary/aromatic N) is 3. The van der Waals surface area contributed by atoms with E-state index in [0.29, 0.717) is 5.56 Å². The maximum Gasteiger partial charge on any atom is 0.346 e. The van der Waals surface area contributed by atoms with Crippen molar-refractivity contribution >= 4 is 17.5 Å². The molecule has 23 heavy (non-hydrogen) atoms. The number of carbonyl (C=O) groups is 1. The maximum atomic E-state index is 13.3. The second kappa shape index (κ2) is 6.54. The summed E-state index contributed by atoms with van der Waals surface area (Å²) in [6.07, 6.45) is 4.54. The van der Waals surface area contributed by atoms with Crippen LogP contribution < -0.4 is 11.0 Å². The van der Waals surface area contributed by atoms with Crippen molar-refractivity contribution in [2.24, 2.45) is 0 Å². The standard InChI is InChI=1S/C15H16ClFN4O2/c16-12-5-4-10(6-13(12)17)7-18-14(22)8-21-15(23)20(9-19-21)11-2-1-3-11/h4-6,9,11H,1-3,7-8H2,(H,18,22). The second-order valence-electron chi connectivity index (χ2n) is 5.59. The number of carbonyl (C=O) groups excluding carboxylic acids is 1. The number of hydrogen-bond donors (Lipinski definition) is 1. The van der Waals surface area contributed by atoms with E-state index in [1.165, 1.54) is 18.5 Å². The van der Waals surface area contributed by atoms with Gasteiger partial charge in [0.2, 0.25) is 5.91 Å². The fourth-order valence-corrected chi connectivity index (χ4v) is 2.53. The molecule has 1 saturated carbocycles. The number of benzene rings is 1. The van der Waals surface area contributed by atoms with Crippen LogP contribution in [-0.4, -0.2) is 20.3 Å². The van der Waals surface area contributed by atoms with Gasteiger partial charge in [-0.25, -0.2) is 13.9 Å². The third kappa shape index (κ3) is 3.44. The van der Waals surface area contributed by atoms with Crippen LogP contribution in [0.1, 0.15) is 30.9 Å². The van der Waals surface area contributed by atoms with E-state index in [0.717, 1.165) is 23.9 Å². The minimum Gasteiger partial charge on any atom is -0.350 e. The van der Waals surface area contributed by atoms with Gasteiger partial charge in [0.05, 0.1) is 5.02 Å². The summed E-state index contributed by atoms with van der Waals surface area (Å²) < 4.78 is 16.0. The topological polar surface area (TPSA) is 68.9 Å². The normalized spacial score (nSPS) is 14.5. The molecule has 2 aromatic rings. The van der Waals surface area contributed by atoms with E-state index in [4.69, 9.17) is 11.6 Å². The predicted molar refractivity (Wildman–Crippen MR) is 82.6 cm³/mol. The lowest BCUT2D eigenvalue weighted by Crippen LogP contribution is -2.35. The molecule has 8 heteroatoms. The zero-order chi connectivity index (χ0) is 16.4. The summed E-state index contributed by atoms with van der Waals surface area (Å²) in [5.41, 5.74) is 0.315. The number of amides is 1. The third-order valence-electron chi connectivity index (χ3n) is 3.99. The zero-order valence-electron chi connectivity index (χ0n) is 12.3. The van der Waals surface area contributed by atoms with Gasteiger partial charge in [0, 0.05) is 12.6 Å². The van der Waals surface area contributed by atoms with E-state index in [1.54, 1.807) is 10.6 Å². The Morgan fingerprint density at radius 1 is 1.43 bits per heavy atom. The molecule has 1 aromatic carbocycles. The van der Waals surface area contributed by atoms with Gasteiger partial charge in [-0.05, 0) is 37.0 Å². The van der Waals surface area contributed by atoms with E-state index in [1.807, 2.05) is 0 Å². The number of halogens is 2. The lowest BCUT2D eigenvalue weighted by molar-refractivity contribution is -0.122. The molecule has 0 spiro atoms. The Kier molecular flexibility index (Phi) is 4.47. The van der Waals surface area contributed by atoms with Gasteiger partial charge in [-0.3, -0.25) is 9.36 Å². The molecule has 122 valence electrons. The van der Waals surface area contributed by atoms with E-state index in [9.17, 15) is 14.0 Å². The molecule has 0 aliphatic heterocycles. The van der Waals surface area contributed by atoms with Gasteiger partial charge >= 0.3 is 5.69 Å². The lowest BCUT2D eigenvalue weighted by atomic mass is 9.93. The Morgan fingerprint density at radius 2 is 2.22 bits per heavy atom. The van der Waals surface area contributed by atoms with Crippen LogP contribution in [-0.2, 0) is 17.9 Å². The average molecular weight is 339 g/mol. The highest BCUT2D eigenvalue weighted by molar-refractivity contribution is 6.30. The van der Waals surface area contributed by atoms with Gasteiger partial charge in [0.25, 0.3) is 0 Å². The molecule has 0 unspecified atom stereocenters. The number of nitrogens with one attached hydrogen (secondary N) is 1. The van der Waals surface area contributed by atoms with E-state index < -0.39 is 5.82 Å². The largest absolute Gasteiger partial charge is 0.350 e. The molecule has 1 N–H and O–H groups in total. The maximum absolute atomic E-state index is 13.3. The molecular weight excluding hydrogens is 323 g/mol. The summed E-state index contributed by atoms with van der Waals surface area (Å²) in [5.74, 6) is -0.893. The second-order valence-corrected chi connectivity index (χ2v) is 6.00. The molecule has 0 bridgehead atoms. The van der Waals surface area contributed by atoms with Crippen LogP contribution >= 0.6 is 11.6 Å². The number of hydrogen-bond acceptors (Lipinski definition) is 3. The molecule has 6 nitrogen and oxygen atoms in total. The monoisotopic (exact) mass is 338 g/mol. The van der Waals surface area contributed by atoms with E-state index in [-0.39, 0.29) is 35.8 Å². The molecule has 0 saturated heterocycles. The van der Waals surface area contributed by atoms with Crippen molar-refractivity contribution in [3.63, 3.8) is 0 Å². The summed E-state index contributed by atoms with van der Waals surface area (Å²) in [6, 6.07) is 4.53. The third-order valence-corrected chi connectivity index (χ3v) is 4.30. The first kappa shape index (κ1) is 15.7. The minimum absolute atomic E-state index is 0.0353. The van der Waals surface area contributed by atoms with Crippen molar-refractivity contribution in [2.45, 2.75) is 38.4 Å². The summed E-state index contributed by atoms with van der Waals surface area (Å²) in [4.78, 5) is 24.0. The van der Waals surface area contributed by atoms with Gasteiger partial charge in [-0.2, -0.15) is 5.10 Å². The van der Waals surface area contributed by atoms with Gasteiger partial charge in [-0.1, -0.05) is 17.7 Å². The van der Waals surface area contributed by atoms with Gasteiger partial charge in [0.15, 0.2) is 0 Å². The first-order valence-corrected chi connectivity index (χ1v) is 7.77. The lowest BCUT2D eigenvalue weighted by Gasteiger charge is -2.25. The van der Waals surface area contributed by atoms with Crippen molar-refractivity contribution in [3.8, 4) is 0 Å². The number of aromatic nitrogens is 3.